The highest BCUT2D eigenvalue weighted by Crippen LogP contribution is 2.31. The van der Waals surface area contributed by atoms with Crippen molar-refractivity contribution in [3.05, 3.63) is 42.2 Å². The minimum absolute atomic E-state index is 0.0251. The first-order valence-corrected chi connectivity index (χ1v) is 9.78. The molecule has 2 aromatic rings. The molecule has 0 saturated heterocycles. The third kappa shape index (κ3) is 3.33. The maximum absolute atomic E-state index is 12.9. The minimum Gasteiger partial charge on any atom is -0.383 e. The van der Waals surface area contributed by atoms with Gasteiger partial charge in [-0.3, -0.25) is 19.1 Å². The van der Waals surface area contributed by atoms with Gasteiger partial charge in [0, 0.05) is 18.5 Å². The topological polar surface area (TPSA) is 101 Å². The molecule has 2 aromatic heterocycles. The second-order valence-corrected chi connectivity index (χ2v) is 7.77. The highest BCUT2D eigenvalue weighted by Gasteiger charge is 2.25. The van der Waals surface area contributed by atoms with Crippen LogP contribution in [0, 0.1) is 0 Å². The van der Waals surface area contributed by atoms with Crippen LogP contribution < -0.4 is 21.9 Å². The van der Waals surface area contributed by atoms with E-state index in [4.69, 9.17) is 5.73 Å². The van der Waals surface area contributed by atoms with Crippen molar-refractivity contribution >= 4 is 28.7 Å². The monoisotopic (exact) mass is 376 g/mol. The molecular formula is C18H24N4O3S. The van der Waals surface area contributed by atoms with Gasteiger partial charge in [0.15, 0.2) is 5.69 Å². The molecule has 0 atom stereocenters. The normalized spacial score (nSPS) is 13.5. The molecule has 0 radical (unpaired) electrons. The van der Waals surface area contributed by atoms with Crippen LogP contribution in [0.15, 0.2) is 15.7 Å². The maximum atomic E-state index is 12.9. The fourth-order valence-electron chi connectivity index (χ4n) is 3.30. The van der Waals surface area contributed by atoms with Crippen LogP contribution >= 0.6 is 11.3 Å². The molecule has 1 aliphatic rings. The molecule has 0 fully saturated rings. The number of aromatic nitrogens is 2. The summed E-state index contributed by atoms with van der Waals surface area (Å²) in [5.41, 5.74) is 6.16. The number of hydrogen-bond acceptors (Lipinski definition) is 5. The fraction of sp³-hybridized carbons (Fsp3) is 0.500. The van der Waals surface area contributed by atoms with E-state index in [1.165, 1.54) is 38.3 Å². The molecule has 3 rings (SSSR count). The number of H-pyrrole nitrogens is 1. The third-order valence-electron chi connectivity index (χ3n) is 4.80. The Hall–Kier alpha value is -2.35. The van der Waals surface area contributed by atoms with Crippen molar-refractivity contribution in [1.29, 1.82) is 0 Å². The van der Waals surface area contributed by atoms with E-state index >= 15 is 0 Å². The molecular weight excluding hydrogens is 352 g/mol. The van der Waals surface area contributed by atoms with Gasteiger partial charge in [-0.2, -0.15) is 0 Å². The molecule has 8 heteroatoms. The number of amides is 1. The number of rotatable bonds is 5. The van der Waals surface area contributed by atoms with Gasteiger partial charge in [-0.05, 0) is 43.7 Å². The highest BCUT2D eigenvalue weighted by atomic mass is 32.1. The van der Waals surface area contributed by atoms with Gasteiger partial charge in [-0.15, -0.1) is 11.3 Å². The number of fused-ring (bicyclic) bond motifs is 1. The van der Waals surface area contributed by atoms with Crippen LogP contribution in [0.1, 0.15) is 52.7 Å². The van der Waals surface area contributed by atoms with E-state index in [-0.39, 0.29) is 17.4 Å². The van der Waals surface area contributed by atoms with Crippen LogP contribution in [0.25, 0.3) is 0 Å². The van der Waals surface area contributed by atoms with Crippen molar-refractivity contribution < 1.29 is 4.79 Å². The fourth-order valence-corrected chi connectivity index (χ4v) is 4.53. The predicted octanol–water partition coefficient (Wildman–Crippen LogP) is 2.14. The van der Waals surface area contributed by atoms with Crippen molar-refractivity contribution in [2.75, 3.05) is 17.7 Å². The van der Waals surface area contributed by atoms with E-state index in [0.717, 1.165) is 38.5 Å². The first kappa shape index (κ1) is 18.4. The summed E-state index contributed by atoms with van der Waals surface area (Å²) in [5, 5.41) is 0. The zero-order valence-electron chi connectivity index (χ0n) is 15.1. The van der Waals surface area contributed by atoms with E-state index in [2.05, 4.69) is 4.98 Å². The lowest BCUT2D eigenvalue weighted by atomic mass is 9.99. The van der Waals surface area contributed by atoms with Crippen LogP contribution in [-0.4, -0.2) is 22.5 Å². The molecule has 0 aliphatic heterocycles. The van der Waals surface area contributed by atoms with Crippen molar-refractivity contribution in [3.63, 3.8) is 0 Å². The predicted molar refractivity (Wildman–Crippen MR) is 104 cm³/mol. The van der Waals surface area contributed by atoms with Crippen molar-refractivity contribution in [3.8, 4) is 0 Å². The summed E-state index contributed by atoms with van der Waals surface area (Å²) in [6, 6.07) is 1.93. The molecule has 0 aromatic carbocycles. The molecule has 7 nitrogen and oxygen atoms in total. The molecule has 1 aliphatic carbocycles. The van der Waals surface area contributed by atoms with Gasteiger partial charge in [-0.1, -0.05) is 13.3 Å². The molecule has 3 N–H and O–H groups in total. The number of carbonyl (C=O) groups excluding carboxylic acids is 1. The van der Waals surface area contributed by atoms with Crippen LogP contribution in [0.4, 0.5) is 11.5 Å². The molecule has 1 amide bonds. The van der Waals surface area contributed by atoms with Crippen LogP contribution in [0.3, 0.4) is 0 Å². The first-order valence-electron chi connectivity index (χ1n) is 8.96. The number of nitrogens with two attached hydrogens (primary N) is 1. The Morgan fingerprint density at radius 2 is 2.08 bits per heavy atom. The SMILES string of the molecule is CCCCn1c(N)c(N(C)C(=O)c2cc3c(s2)CCCC3)c(=O)[nH]c1=O. The van der Waals surface area contributed by atoms with Gasteiger partial charge < -0.3 is 10.6 Å². The van der Waals surface area contributed by atoms with Gasteiger partial charge in [0.05, 0.1) is 4.88 Å². The summed E-state index contributed by atoms with van der Waals surface area (Å²) in [7, 11) is 1.52. The smallest absolute Gasteiger partial charge is 0.330 e. The maximum Gasteiger partial charge on any atom is 0.330 e. The van der Waals surface area contributed by atoms with Crippen molar-refractivity contribution in [2.45, 2.75) is 52.0 Å². The molecule has 0 bridgehead atoms. The van der Waals surface area contributed by atoms with Gasteiger partial charge >= 0.3 is 5.69 Å². The quantitative estimate of drug-likeness (QED) is 0.835. The molecule has 0 spiro atoms. The summed E-state index contributed by atoms with van der Waals surface area (Å²) in [5.74, 6) is -0.244. The lowest BCUT2D eigenvalue weighted by Gasteiger charge is -2.19. The lowest BCUT2D eigenvalue weighted by molar-refractivity contribution is 0.0996. The minimum atomic E-state index is -0.641. The van der Waals surface area contributed by atoms with E-state index < -0.39 is 11.2 Å². The number of nitrogens with zero attached hydrogens (tertiary/aromatic N) is 2. The van der Waals surface area contributed by atoms with E-state index in [0.29, 0.717) is 11.4 Å². The first-order chi connectivity index (χ1) is 12.4. The van der Waals surface area contributed by atoms with Crippen molar-refractivity contribution in [1.82, 2.24) is 9.55 Å². The number of aromatic amines is 1. The summed E-state index contributed by atoms with van der Waals surface area (Å²) in [6.07, 6.45) is 5.92. The number of carbonyl (C=O) groups is 1. The van der Waals surface area contributed by atoms with Gasteiger partial charge in [0.2, 0.25) is 0 Å². The molecule has 140 valence electrons. The van der Waals surface area contributed by atoms with Crippen LogP contribution in [-0.2, 0) is 19.4 Å². The Bertz CT molecular complexity index is 917. The standard InChI is InChI=1S/C18H24N4O3S/c1-3-4-9-22-15(19)14(16(23)20-18(22)25)21(2)17(24)13-10-11-7-5-6-8-12(11)26-13/h10H,3-9,19H2,1-2H3,(H,20,23,25). The third-order valence-corrected chi connectivity index (χ3v) is 6.02. The largest absolute Gasteiger partial charge is 0.383 e. The second kappa shape index (κ2) is 7.49. The number of nitrogens with one attached hydrogen (secondary N) is 1. The van der Waals surface area contributed by atoms with E-state index in [1.807, 2.05) is 13.0 Å². The number of nitrogen functional groups attached to an aromatic ring is 1. The number of unbranched alkanes of at least 4 members (excludes halogenated alkanes) is 1. The lowest BCUT2D eigenvalue weighted by Crippen LogP contribution is -2.39. The average Bonchev–Trinajstić information content (AvgIpc) is 3.04. The molecule has 0 saturated carbocycles. The number of aryl methyl sites for hydroxylation is 2. The van der Waals surface area contributed by atoms with Gasteiger partial charge in [0.25, 0.3) is 11.5 Å². The Morgan fingerprint density at radius 1 is 1.35 bits per heavy atom. The second-order valence-electron chi connectivity index (χ2n) is 6.63. The van der Waals surface area contributed by atoms with Crippen LogP contribution in [0.5, 0.6) is 0 Å². The number of hydrogen-bond donors (Lipinski definition) is 2. The Labute approximate surface area is 155 Å². The number of anilines is 2. The van der Waals surface area contributed by atoms with Crippen molar-refractivity contribution in [2.24, 2.45) is 0 Å². The van der Waals surface area contributed by atoms with E-state index in [9.17, 15) is 14.4 Å². The Morgan fingerprint density at radius 3 is 2.77 bits per heavy atom. The summed E-state index contributed by atoms with van der Waals surface area (Å²) in [6.45, 7) is 2.41. The molecule has 2 heterocycles. The van der Waals surface area contributed by atoms with Crippen LogP contribution in [0.2, 0.25) is 0 Å². The summed E-state index contributed by atoms with van der Waals surface area (Å²) < 4.78 is 1.32. The highest BCUT2D eigenvalue weighted by molar-refractivity contribution is 7.14. The Balaban J connectivity index is 1.97. The Kier molecular flexibility index (Phi) is 5.31. The zero-order valence-corrected chi connectivity index (χ0v) is 15.9. The number of thiophene rings is 1. The van der Waals surface area contributed by atoms with Gasteiger partial charge in [0.1, 0.15) is 5.82 Å². The average molecular weight is 376 g/mol. The summed E-state index contributed by atoms with van der Waals surface area (Å²) >= 11 is 1.49. The molecule has 0 unspecified atom stereocenters. The summed E-state index contributed by atoms with van der Waals surface area (Å²) in [4.78, 5) is 42.7. The van der Waals surface area contributed by atoms with Gasteiger partial charge in [-0.25, -0.2) is 4.79 Å². The zero-order chi connectivity index (χ0) is 18.8. The molecule has 26 heavy (non-hydrogen) atoms. The van der Waals surface area contributed by atoms with E-state index in [1.54, 1.807) is 0 Å².